The van der Waals surface area contributed by atoms with E-state index < -0.39 is 0 Å². The summed E-state index contributed by atoms with van der Waals surface area (Å²) in [4.78, 5) is 8.90. The molecule has 4 aromatic rings. The second-order valence-corrected chi connectivity index (χ2v) is 5.39. The van der Waals surface area contributed by atoms with Gasteiger partial charge in [0.15, 0.2) is 0 Å². The molecule has 2 aromatic carbocycles. The van der Waals surface area contributed by atoms with Crippen LogP contribution >= 0.6 is 0 Å². The standard InChI is InChI=1S/C19H15N3/c1-4-12(2)17-16-15-10-9-13-7-5-6-8-14(13)18(15)22(3)19(16)21-11-20-17/h4-11H,1-2H2,3H3. The van der Waals surface area contributed by atoms with Gasteiger partial charge in [-0.05, 0) is 11.0 Å². The fourth-order valence-corrected chi connectivity index (χ4v) is 3.14. The van der Waals surface area contributed by atoms with E-state index >= 15 is 0 Å². The summed E-state index contributed by atoms with van der Waals surface area (Å²) < 4.78 is 2.13. The van der Waals surface area contributed by atoms with Gasteiger partial charge in [-0.3, -0.25) is 0 Å². The first-order valence-corrected chi connectivity index (χ1v) is 7.15. The maximum Gasteiger partial charge on any atom is 0.144 e. The van der Waals surface area contributed by atoms with Gasteiger partial charge >= 0.3 is 0 Å². The van der Waals surface area contributed by atoms with Crippen LogP contribution in [0.3, 0.4) is 0 Å². The second-order valence-electron chi connectivity index (χ2n) is 5.39. The van der Waals surface area contributed by atoms with Gasteiger partial charge in [0.1, 0.15) is 12.0 Å². The topological polar surface area (TPSA) is 30.7 Å². The third kappa shape index (κ3) is 1.56. The Hall–Kier alpha value is -2.94. The fraction of sp³-hybridized carbons (Fsp3) is 0.0526. The summed E-state index contributed by atoms with van der Waals surface area (Å²) in [5, 5.41) is 4.62. The first-order chi connectivity index (χ1) is 10.7. The summed E-state index contributed by atoms with van der Waals surface area (Å²) in [6.07, 6.45) is 3.33. The minimum absolute atomic E-state index is 0.813. The van der Waals surface area contributed by atoms with Crippen molar-refractivity contribution in [1.29, 1.82) is 0 Å². The van der Waals surface area contributed by atoms with Crippen molar-refractivity contribution >= 4 is 38.3 Å². The number of rotatable bonds is 2. The van der Waals surface area contributed by atoms with Crippen molar-refractivity contribution in [3.63, 3.8) is 0 Å². The highest BCUT2D eigenvalue weighted by Gasteiger charge is 2.16. The van der Waals surface area contributed by atoms with Gasteiger partial charge in [-0.15, -0.1) is 0 Å². The molecule has 0 radical (unpaired) electrons. The number of fused-ring (bicyclic) bond motifs is 5. The number of hydrogen-bond acceptors (Lipinski definition) is 2. The van der Waals surface area contributed by atoms with E-state index in [0.717, 1.165) is 27.7 Å². The maximum absolute atomic E-state index is 4.48. The minimum Gasteiger partial charge on any atom is -0.328 e. The van der Waals surface area contributed by atoms with E-state index in [9.17, 15) is 0 Å². The molecule has 4 rings (SSSR count). The molecule has 0 aliphatic rings. The lowest BCUT2D eigenvalue weighted by Gasteiger charge is -2.02. The molecule has 0 fully saturated rings. The Bertz CT molecular complexity index is 1070. The van der Waals surface area contributed by atoms with Crippen molar-refractivity contribution in [2.75, 3.05) is 0 Å². The molecule has 0 aliphatic heterocycles. The lowest BCUT2D eigenvalue weighted by molar-refractivity contribution is 0.984. The Morgan fingerprint density at radius 3 is 2.73 bits per heavy atom. The zero-order valence-corrected chi connectivity index (χ0v) is 12.4. The molecule has 22 heavy (non-hydrogen) atoms. The van der Waals surface area contributed by atoms with E-state index in [1.165, 1.54) is 16.3 Å². The van der Waals surface area contributed by atoms with Crippen LogP contribution in [0.2, 0.25) is 0 Å². The van der Waals surface area contributed by atoms with Gasteiger partial charge in [0.05, 0.1) is 16.6 Å². The molecule has 0 saturated carbocycles. The normalized spacial score (nSPS) is 11.3. The van der Waals surface area contributed by atoms with Crippen LogP contribution in [0.5, 0.6) is 0 Å². The van der Waals surface area contributed by atoms with E-state index in [-0.39, 0.29) is 0 Å². The third-order valence-electron chi connectivity index (χ3n) is 4.20. The molecule has 0 N–H and O–H groups in total. The first kappa shape index (κ1) is 12.8. The van der Waals surface area contributed by atoms with Crippen molar-refractivity contribution in [3.05, 3.63) is 67.7 Å². The number of hydrogen-bond donors (Lipinski definition) is 0. The lowest BCUT2D eigenvalue weighted by Crippen LogP contribution is -1.93. The molecule has 0 amide bonds. The van der Waals surface area contributed by atoms with Gasteiger partial charge in [-0.25, -0.2) is 9.97 Å². The zero-order valence-electron chi connectivity index (χ0n) is 12.4. The Labute approximate surface area is 128 Å². The Kier molecular flexibility index (Phi) is 2.63. The molecule has 3 heteroatoms. The van der Waals surface area contributed by atoms with E-state index in [4.69, 9.17) is 0 Å². The van der Waals surface area contributed by atoms with Crippen molar-refractivity contribution in [2.45, 2.75) is 0 Å². The molecule has 0 unspecified atom stereocenters. The number of allylic oxidation sites excluding steroid dienone is 2. The van der Waals surface area contributed by atoms with Crippen LogP contribution in [0.25, 0.3) is 38.3 Å². The van der Waals surface area contributed by atoms with Crippen LogP contribution in [0.15, 0.2) is 62.0 Å². The molecule has 2 heterocycles. The monoisotopic (exact) mass is 285 g/mol. The van der Waals surface area contributed by atoms with Crippen molar-refractivity contribution in [2.24, 2.45) is 7.05 Å². The summed E-state index contributed by atoms with van der Waals surface area (Å²) in [7, 11) is 2.05. The third-order valence-corrected chi connectivity index (χ3v) is 4.20. The number of aromatic nitrogens is 3. The van der Waals surface area contributed by atoms with E-state index in [2.05, 4.69) is 64.1 Å². The highest BCUT2D eigenvalue weighted by Crippen LogP contribution is 2.35. The molecule has 0 saturated heterocycles. The smallest absolute Gasteiger partial charge is 0.144 e. The zero-order chi connectivity index (χ0) is 15.3. The summed E-state index contributed by atoms with van der Waals surface area (Å²) in [6.45, 7) is 7.87. The SMILES string of the molecule is C=CC(=C)c1ncnc2c1c1ccc3ccccc3c1n2C. The molecule has 0 spiro atoms. The first-order valence-electron chi connectivity index (χ1n) is 7.15. The van der Waals surface area contributed by atoms with Crippen LogP contribution < -0.4 is 0 Å². The number of aryl methyl sites for hydroxylation is 1. The Morgan fingerprint density at radius 2 is 1.91 bits per heavy atom. The quantitative estimate of drug-likeness (QED) is 0.509. The lowest BCUT2D eigenvalue weighted by atomic mass is 10.0. The summed E-state index contributed by atoms with van der Waals surface area (Å²) in [6, 6.07) is 12.7. The van der Waals surface area contributed by atoms with Crippen LogP contribution in [0.1, 0.15) is 5.69 Å². The van der Waals surface area contributed by atoms with Gasteiger partial charge in [-0.1, -0.05) is 55.6 Å². The van der Waals surface area contributed by atoms with Crippen molar-refractivity contribution < 1.29 is 0 Å². The second kappa shape index (κ2) is 4.53. The average Bonchev–Trinajstić information content (AvgIpc) is 2.87. The molecule has 0 aliphatic carbocycles. The molecule has 2 aromatic heterocycles. The van der Waals surface area contributed by atoms with Gasteiger partial charge < -0.3 is 4.57 Å². The van der Waals surface area contributed by atoms with Crippen molar-refractivity contribution in [3.8, 4) is 0 Å². The van der Waals surface area contributed by atoms with Gasteiger partial charge in [-0.2, -0.15) is 0 Å². The summed E-state index contributed by atoms with van der Waals surface area (Å²) >= 11 is 0. The summed E-state index contributed by atoms with van der Waals surface area (Å²) in [5.74, 6) is 0. The molecular formula is C19H15N3. The minimum atomic E-state index is 0.813. The van der Waals surface area contributed by atoms with Crippen LogP contribution in [0, 0.1) is 0 Å². The predicted molar refractivity (Wildman–Crippen MR) is 92.8 cm³/mol. The average molecular weight is 285 g/mol. The highest BCUT2D eigenvalue weighted by molar-refractivity contribution is 6.19. The largest absolute Gasteiger partial charge is 0.328 e. The van der Waals surface area contributed by atoms with Gasteiger partial charge in [0.25, 0.3) is 0 Å². The summed E-state index contributed by atoms with van der Waals surface area (Å²) in [5.41, 5.74) is 3.75. The Morgan fingerprint density at radius 1 is 1.09 bits per heavy atom. The van der Waals surface area contributed by atoms with Crippen LogP contribution in [-0.2, 0) is 7.05 Å². The van der Waals surface area contributed by atoms with Crippen LogP contribution in [0.4, 0.5) is 0 Å². The van der Waals surface area contributed by atoms with Gasteiger partial charge in [0, 0.05) is 17.8 Å². The van der Waals surface area contributed by atoms with E-state index in [1.807, 2.05) is 7.05 Å². The molecule has 3 nitrogen and oxygen atoms in total. The molecule has 0 bridgehead atoms. The van der Waals surface area contributed by atoms with Gasteiger partial charge in [0.2, 0.25) is 0 Å². The maximum atomic E-state index is 4.48. The highest BCUT2D eigenvalue weighted by atomic mass is 15.0. The predicted octanol–water partition coefficient (Wildman–Crippen LogP) is 4.47. The molecule has 0 atom stereocenters. The van der Waals surface area contributed by atoms with Crippen LogP contribution in [-0.4, -0.2) is 14.5 Å². The van der Waals surface area contributed by atoms with E-state index in [1.54, 1.807) is 12.4 Å². The van der Waals surface area contributed by atoms with E-state index in [0.29, 0.717) is 0 Å². The fourth-order valence-electron chi connectivity index (χ4n) is 3.14. The molecular weight excluding hydrogens is 270 g/mol. The number of benzene rings is 2. The van der Waals surface area contributed by atoms with Crippen molar-refractivity contribution in [1.82, 2.24) is 14.5 Å². The Balaban J connectivity index is 2.30. The molecule has 106 valence electrons. The number of nitrogens with zero attached hydrogens (tertiary/aromatic N) is 3.